The molecular formula is C21H40N2. The van der Waals surface area contributed by atoms with Gasteiger partial charge in [0.05, 0.1) is 0 Å². The Morgan fingerprint density at radius 3 is 1.57 bits per heavy atom. The third-order valence-corrected chi connectivity index (χ3v) is 8.64. The molecule has 3 aliphatic rings. The minimum atomic E-state index is -0.126. The van der Waals surface area contributed by atoms with Crippen molar-refractivity contribution in [3.8, 4) is 0 Å². The fourth-order valence-electron chi connectivity index (χ4n) is 6.51. The summed E-state index contributed by atoms with van der Waals surface area (Å²) in [6.45, 7) is 6.97. The molecule has 3 saturated carbocycles. The summed E-state index contributed by atoms with van der Waals surface area (Å²) >= 11 is 0. The Kier molecular flexibility index (Phi) is 4.88. The Bertz CT molecular complexity index is 382. The van der Waals surface area contributed by atoms with Crippen molar-refractivity contribution in [2.24, 2.45) is 34.1 Å². The predicted octanol–water partition coefficient (Wildman–Crippen LogP) is 5.00. The second-order valence-corrected chi connectivity index (χ2v) is 9.90. The summed E-state index contributed by atoms with van der Waals surface area (Å²) < 4.78 is 0. The van der Waals surface area contributed by atoms with Crippen molar-refractivity contribution in [2.45, 2.75) is 109 Å². The van der Waals surface area contributed by atoms with Gasteiger partial charge in [0.1, 0.15) is 0 Å². The second-order valence-electron chi connectivity index (χ2n) is 9.90. The van der Waals surface area contributed by atoms with Crippen LogP contribution < -0.4 is 11.5 Å². The zero-order valence-electron chi connectivity index (χ0n) is 15.9. The molecule has 4 N–H and O–H groups in total. The summed E-state index contributed by atoms with van der Waals surface area (Å²) in [6, 6.07) is 0.255. The van der Waals surface area contributed by atoms with Crippen molar-refractivity contribution < 1.29 is 0 Å². The van der Waals surface area contributed by atoms with Crippen LogP contribution in [0, 0.1) is 22.7 Å². The first-order chi connectivity index (χ1) is 10.8. The van der Waals surface area contributed by atoms with Crippen molar-refractivity contribution in [3.63, 3.8) is 0 Å². The summed E-state index contributed by atoms with van der Waals surface area (Å²) in [5.74, 6) is 1.70. The first-order valence-electron chi connectivity index (χ1n) is 10.4. The number of rotatable bonds is 2. The molecular weight excluding hydrogens is 280 g/mol. The molecule has 2 atom stereocenters. The number of hydrogen-bond donors (Lipinski definition) is 2. The molecule has 0 bridgehead atoms. The van der Waals surface area contributed by atoms with Gasteiger partial charge in [-0.3, -0.25) is 0 Å². The van der Waals surface area contributed by atoms with Gasteiger partial charge in [0.25, 0.3) is 0 Å². The van der Waals surface area contributed by atoms with Gasteiger partial charge in [-0.2, -0.15) is 0 Å². The van der Waals surface area contributed by atoms with E-state index in [0.717, 1.165) is 18.3 Å². The lowest BCUT2D eigenvalue weighted by Crippen LogP contribution is -2.70. The van der Waals surface area contributed by atoms with E-state index in [1.165, 1.54) is 70.6 Å². The Balaban J connectivity index is 1.97. The standard InChI is InChI=1S/C21H40N2/c1-19(2)18(22)21(15-14-20(19,3)23,16-10-6-4-7-11-16)17-12-8-5-9-13-17/h16-18H,4-15,22-23H2,1-3H3. The largest absolute Gasteiger partial charge is 0.327 e. The van der Waals surface area contributed by atoms with Gasteiger partial charge in [0.2, 0.25) is 0 Å². The van der Waals surface area contributed by atoms with Crippen LogP contribution in [0.1, 0.15) is 97.8 Å². The van der Waals surface area contributed by atoms with Crippen LogP contribution in [0.15, 0.2) is 0 Å². The van der Waals surface area contributed by atoms with E-state index in [1.54, 1.807) is 0 Å². The van der Waals surface area contributed by atoms with Gasteiger partial charge in [-0.1, -0.05) is 52.4 Å². The van der Waals surface area contributed by atoms with E-state index in [2.05, 4.69) is 20.8 Å². The lowest BCUT2D eigenvalue weighted by atomic mass is 9.44. The Morgan fingerprint density at radius 2 is 1.13 bits per heavy atom. The average molecular weight is 321 g/mol. The molecule has 0 spiro atoms. The molecule has 0 aliphatic heterocycles. The topological polar surface area (TPSA) is 52.0 Å². The van der Waals surface area contributed by atoms with Crippen molar-refractivity contribution in [1.82, 2.24) is 0 Å². The Labute approximate surface area is 144 Å². The zero-order chi connectivity index (χ0) is 16.7. The van der Waals surface area contributed by atoms with Gasteiger partial charge in [0, 0.05) is 11.6 Å². The predicted molar refractivity (Wildman–Crippen MR) is 99.2 cm³/mol. The van der Waals surface area contributed by atoms with Crippen molar-refractivity contribution in [1.29, 1.82) is 0 Å². The maximum Gasteiger partial charge on any atom is 0.0192 e. The zero-order valence-corrected chi connectivity index (χ0v) is 15.9. The number of hydrogen-bond acceptors (Lipinski definition) is 2. The van der Waals surface area contributed by atoms with Gasteiger partial charge in [-0.25, -0.2) is 0 Å². The molecule has 2 unspecified atom stereocenters. The molecule has 3 aliphatic carbocycles. The summed E-state index contributed by atoms with van der Waals surface area (Å²) in [5, 5.41) is 0. The second kappa shape index (κ2) is 6.33. The molecule has 2 nitrogen and oxygen atoms in total. The van der Waals surface area contributed by atoms with E-state index in [1.807, 2.05) is 0 Å². The summed E-state index contributed by atoms with van der Waals surface area (Å²) in [6.07, 6.45) is 16.7. The number of nitrogens with two attached hydrogens (primary N) is 2. The molecule has 134 valence electrons. The van der Waals surface area contributed by atoms with Gasteiger partial charge in [-0.15, -0.1) is 0 Å². The van der Waals surface area contributed by atoms with E-state index in [4.69, 9.17) is 11.5 Å². The summed E-state index contributed by atoms with van der Waals surface area (Å²) in [4.78, 5) is 0. The molecule has 23 heavy (non-hydrogen) atoms. The Morgan fingerprint density at radius 1 is 0.696 bits per heavy atom. The maximum atomic E-state index is 7.15. The molecule has 0 aromatic carbocycles. The minimum Gasteiger partial charge on any atom is -0.327 e. The van der Waals surface area contributed by atoms with E-state index in [9.17, 15) is 0 Å². The molecule has 0 amide bonds. The van der Waals surface area contributed by atoms with Crippen LogP contribution in [0.5, 0.6) is 0 Å². The van der Waals surface area contributed by atoms with Crippen LogP contribution >= 0.6 is 0 Å². The van der Waals surface area contributed by atoms with E-state index < -0.39 is 0 Å². The first-order valence-corrected chi connectivity index (χ1v) is 10.4. The Hall–Kier alpha value is -0.0800. The lowest BCUT2D eigenvalue weighted by Gasteiger charge is -2.64. The highest BCUT2D eigenvalue weighted by atomic mass is 14.9. The van der Waals surface area contributed by atoms with E-state index in [-0.39, 0.29) is 17.0 Å². The van der Waals surface area contributed by atoms with Crippen LogP contribution in [0.2, 0.25) is 0 Å². The van der Waals surface area contributed by atoms with Crippen LogP contribution in [-0.2, 0) is 0 Å². The molecule has 0 aromatic rings. The van der Waals surface area contributed by atoms with Crippen LogP contribution in [0.4, 0.5) is 0 Å². The van der Waals surface area contributed by atoms with Crippen LogP contribution in [0.3, 0.4) is 0 Å². The third kappa shape index (κ3) is 2.78. The van der Waals surface area contributed by atoms with Gasteiger partial charge < -0.3 is 11.5 Å². The van der Waals surface area contributed by atoms with Gasteiger partial charge in [-0.05, 0) is 68.1 Å². The van der Waals surface area contributed by atoms with Crippen molar-refractivity contribution in [2.75, 3.05) is 0 Å². The maximum absolute atomic E-state index is 7.15. The smallest absolute Gasteiger partial charge is 0.0192 e. The molecule has 2 heteroatoms. The van der Waals surface area contributed by atoms with Gasteiger partial charge in [0.15, 0.2) is 0 Å². The minimum absolute atomic E-state index is 0.0279. The fourth-order valence-corrected chi connectivity index (χ4v) is 6.51. The molecule has 0 heterocycles. The highest BCUT2D eigenvalue weighted by molar-refractivity contribution is 5.15. The SMILES string of the molecule is CC1(N)CCC(C2CCCCC2)(C2CCCCC2)C(N)C1(C)C. The summed E-state index contributed by atoms with van der Waals surface area (Å²) in [7, 11) is 0. The molecule has 3 rings (SSSR count). The molecule has 0 aromatic heterocycles. The molecule has 0 saturated heterocycles. The lowest BCUT2D eigenvalue weighted by molar-refractivity contribution is -0.103. The molecule has 0 radical (unpaired) electrons. The normalized spacial score (nSPS) is 39.3. The monoisotopic (exact) mass is 320 g/mol. The quantitative estimate of drug-likeness (QED) is 0.752. The first kappa shape index (κ1) is 17.7. The van der Waals surface area contributed by atoms with Crippen LogP contribution in [0.25, 0.3) is 0 Å². The highest BCUT2D eigenvalue weighted by Crippen LogP contribution is 2.61. The molecule has 3 fully saturated rings. The van der Waals surface area contributed by atoms with E-state index in [0.29, 0.717) is 5.41 Å². The summed E-state index contributed by atoms with van der Waals surface area (Å²) in [5.41, 5.74) is 14.2. The average Bonchev–Trinajstić information content (AvgIpc) is 2.56. The van der Waals surface area contributed by atoms with Crippen LogP contribution in [-0.4, -0.2) is 11.6 Å². The van der Waals surface area contributed by atoms with Crippen molar-refractivity contribution >= 4 is 0 Å². The van der Waals surface area contributed by atoms with Gasteiger partial charge >= 0.3 is 0 Å². The van der Waals surface area contributed by atoms with E-state index >= 15 is 0 Å². The highest BCUT2D eigenvalue weighted by Gasteiger charge is 2.60. The third-order valence-electron chi connectivity index (χ3n) is 8.64. The fraction of sp³-hybridized carbons (Fsp3) is 1.00. The van der Waals surface area contributed by atoms with Crippen molar-refractivity contribution in [3.05, 3.63) is 0 Å².